The molecule has 0 radical (unpaired) electrons. The van der Waals surface area contributed by atoms with Gasteiger partial charge in [-0.15, -0.1) is 0 Å². The third-order valence-electron chi connectivity index (χ3n) is 3.66. The summed E-state index contributed by atoms with van der Waals surface area (Å²) in [6.45, 7) is 9.14. The summed E-state index contributed by atoms with van der Waals surface area (Å²) in [7, 11) is 0. The molecule has 4 heteroatoms. The smallest absolute Gasteiger partial charge is 0.257 e. The van der Waals surface area contributed by atoms with Crippen molar-refractivity contribution in [2.24, 2.45) is 11.3 Å². The number of amides is 1. The zero-order chi connectivity index (χ0) is 15.2. The summed E-state index contributed by atoms with van der Waals surface area (Å²) in [6.07, 6.45) is 0. The van der Waals surface area contributed by atoms with E-state index in [0.717, 1.165) is 0 Å². The van der Waals surface area contributed by atoms with Crippen molar-refractivity contribution in [3.05, 3.63) is 29.8 Å². The Hall–Kier alpha value is -2.02. The average molecular weight is 274 g/mol. The normalized spacial score (nSPS) is 11.0. The number of carbonyl (C=O) groups excluding carboxylic acids is 1. The number of nitrogens with one attached hydrogen (secondary N) is 1. The average Bonchev–Trinajstić information content (AvgIpc) is 2.43. The maximum absolute atomic E-state index is 11.7. The Balaban J connectivity index is 2.38. The molecule has 0 aliphatic carbocycles. The molecular formula is C16H22N2O2. The lowest BCUT2D eigenvalue weighted by atomic mass is 9.81. The van der Waals surface area contributed by atoms with E-state index in [1.54, 1.807) is 24.3 Å². The molecule has 1 amide bonds. The fourth-order valence-electron chi connectivity index (χ4n) is 1.36. The molecule has 0 spiro atoms. The van der Waals surface area contributed by atoms with E-state index in [4.69, 9.17) is 10.00 Å². The first-order valence-electron chi connectivity index (χ1n) is 6.75. The first kappa shape index (κ1) is 16.0. The molecule has 4 nitrogen and oxygen atoms in total. The summed E-state index contributed by atoms with van der Waals surface area (Å²) in [4.78, 5) is 11.7. The van der Waals surface area contributed by atoms with E-state index < -0.39 is 0 Å². The van der Waals surface area contributed by atoms with Crippen LogP contribution in [0.3, 0.4) is 0 Å². The number of hydrogen-bond acceptors (Lipinski definition) is 3. The van der Waals surface area contributed by atoms with Gasteiger partial charge in [0.1, 0.15) is 5.75 Å². The van der Waals surface area contributed by atoms with Gasteiger partial charge in [-0.25, -0.2) is 0 Å². The molecular weight excluding hydrogens is 252 g/mol. The van der Waals surface area contributed by atoms with Gasteiger partial charge in [-0.1, -0.05) is 27.7 Å². The molecule has 1 rings (SSSR count). The molecule has 1 aromatic rings. The Morgan fingerprint density at radius 1 is 1.35 bits per heavy atom. The molecule has 108 valence electrons. The number of rotatable bonds is 6. The van der Waals surface area contributed by atoms with Gasteiger partial charge in [0, 0.05) is 6.54 Å². The summed E-state index contributed by atoms with van der Waals surface area (Å²) >= 11 is 0. The number of nitriles is 1. The molecule has 1 N–H and O–H groups in total. The van der Waals surface area contributed by atoms with Crippen molar-refractivity contribution in [2.75, 3.05) is 13.2 Å². The minimum atomic E-state index is -0.136. The third kappa shape index (κ3) is 4.93. The van der Waals surface area contributed by atoms with Crippen molar-refractivity contribution in [2.45, 2.75) is 27.7 Å². The van der Waals surface area contributed by atoms with Crippen LogP contribution in [0.1, 0.15) is 33.3 Å². The van der Waals surface area contributed by atoms with Crippen LogP contribution in [0.4, 0.5) is 0 Å². The van der Waals surface area contributed by atoms with E-state index in [-0.39, 0.29) is 17.9 Å². The van der Waals surface area contributed by atoms with Crippen LogP contribution in [0.15, 0.2) is 24.3 Å². The molecule has 0 saturated heterocycles. The lowest BCUT2D eigenvalue weighted by molar-refractivity contribution is -0.123. The first-order valence-corrected chi connectivity index (χ1v) is 6.75. The van der Waals surface area contributed by atoms with E-state index in [9.17, 15) is 4.79 Å². The minimum Gasteiger partial charge on any atom is -0.484 e. The topological polar surface area (TPSA) is 62.1 Å². The van der Waals surface area contributed by atoms with Crippen LogP contribution in [0.5, 0.6) is 5.75 Å². The summed E-state index contributed by atoms with van der Waals surface area (Å²) in [6, 6.07) is 8.72. The summed E-state index contributed by atoms with van der Waals surface area (Å²) in [5.41, 5.74) is 0.630. The quantitative estimate of drug-likeness (QED) is 0.867. The maximum atomic E-state index is 11.7. The van der Waals surface area contributed by atoms with E-state index >= 15 is 0 Å². The molecule has 0 aliphatic rings. The highest BCUT2D eigenvalue weighted by Crippen LogP contribution is 2.24. The monoisotopic (exact) mass is 274 g/mol. The van der Waals surface area contributed by atoms with Gasteiger partial charge in [0.25, 0.3) is 5.91 Å². The SMILES string of the molecule is CC(C)C(C)(C)CNC(=O)COc1ccc(C#N)cc1. The predicted octanol–water partition coefficient (Wildman–Crippen LogP) is 2.74. The number of ether oxygens (including phenoxy) is 1. The van der Waals surface area contributed by atoms with Gasteiger partial charge in [0.15, 0.2) is 6.61 Å². The number of benzene rings is 1. The van der Waals surface area contributed by atoms with Crippen LogP contribution in [0, 0.1) is 22.7 Å². The van der Waals surface area contributed by atoms with E-state index in [1.807, 2.05) is 6.07 Å². The van der Waals surface area contributed by atoms with Gasteiger partial charge in [-0.05, 0) is 35.6 Å². The number of hydrogen-bond donors (Lipinski definition) is 1. The molecule has 0 atom stereocenters. The first-order chi connectivity index (χ1) is 9.35. The lowest BCUT2D eigenvalue weighted by Crippen LogP contribution is -2.39. The largest absolute Gasteiger partial charge is 0.484 e. The fourth-order valence-corrected chi connectivity index (χ4v) is 1.36. The number of nitrogens with zero attached hydrogens (tertiary/aromatic N) is 1. The molecule has 0 fully saturated rings. The van der Waals surface area contributed by atoms with E-state index in [0.29, 0.717) is 23.8 Å². The summed E-state index contributed by atoms with van der Waals surface area (Å²) in [5, 5.41) is 11.6. The van der Waals surface area contributed by atoms with Crippen molar-refractivity contribution >= 4 is 5.91 Å². The molecule has 0 aromatic heterocycles. The standard InChI is InChI=1S/C16H22N2O2/c1-12(2)16(3,4)11-18-15(19)10-20-14-7-5-13(9-17)6-8-14/h5-8,12H,10-11H2,1-4H3,(H,18,19). The van der Waals surface area contributed by atoms with Gasteiger partial charge in [0.05, 0.1) is 11.6 Å². The van der Waals surface area contributed by atoms with Crippen LogP contribution < -0.4 is 10.1 Å². The molecule has 1 aromatic carbocycles. The lowest BCUT2D eigenvalue weighted by Gasteiger charge is -2.29. The Labute approximate surface area is 120 Å². The van der Waals surface area contributed by atoms with Crippen LogP contribution in [0.25, 0.3) is 0 Å². The van der Waals surface area contributed by atoms with Crippen LogP contribution in [-0.4, -0.2) is 19.1 Å². The van der Waals surface area contributed by atoms with Crippen molar-refractivity contribution in [1.82, 2.24) is 5.32 Å². The molecule has 0 aliphatic heterocycles. The molecule has 0 bridgehead atoms. The predicted molar refractivity (Wildman–Crippen MR) is 78.3 cm³/mol. The number of carbonyl (C=O) groups is 1. The van der Waals surface area contributed by atoms with Gasteiger partial charge in [-0.2, -0.15) is 5.26 Å². The van der Waals surface area contributed by atoms with Crippen molar-refractivity contribution in [3.63, 3.8) is 0 Å². The summed E-state index contributed by atoms with van der Waals surface area (Å²) in [5.74, 6) is 0.938. The highest BCUT2D eigenvalue weighted by atomic mass is 16.5. The molecule has 0 unspecified atom stereocenters. The van der Waals surface area contributed by atoms with Gasteiger partial charge in [-0.3, -0.25) is 4.79 Å². The highest BCUT2D eigenvalue weighted by molar-refractivity contribution is 5.77. The van der Waals surface area contributed by atoms with Crippen molar-refractivity contribution in [3.8, 4) is 11.8 Å². The van der Waals surface area contributed by atoms with Gasteiger partial charge in [0.2, 0.25) is 0 Å². The molecule has 20 heavy (non-hydrogen) atoms. The Morgan fingerprint density at radius 2 is 1.95 bits per heavy atom. The zero-order valence-electron chi connectivity index (χ0n) is 12.6. The van der Waals surface area contributed by atoms with Crippen molar-refractivity contribution < 1.29 is 9.53 Å². The second kappa shape index (κ2) is 6.95. The molecule has 0 heterocycles. The summed E-state index contributed by atoms with van der Waals surface area (Å²) < 4.78 is 5.37. The maximum Gasteiger partial charge on any atom is 0.257 e. The fraction of sp³-hybridized carbons (Fsp3) is 0.500. The van der Waals surface area contributed by atoms with E-state index in [1.165, 1.54) is 0 Å². The Kier molecular flexibility index (Phi) is 5.57. The Bertz CT molecular complexity index is 484. The highest BCUT2D eigenvalue weighted by Gasteiger charge is 2.22. The molecule has 0 saturated carbocycles. The van der Waals surface area contributed by atoms with Crippen LogP contribution >= 0.6 is 0 Å². The zero-order valence-corrected chi connectivity index (χ0v) is 12.6. The van der Waals surface area contributed by atoms with Crippen LogP contribution in [-0.2, 0) is 4.79 Å². The minimum absolute atomic E-state index is 0.0138. The second-order valence-corrected chi connectivity index (χ2v) is 5.84. The second-order valence-electron chi connectivity index (χ2n) is 5.84. The van der Waals surface area contributed by atoms with Gasteiger partial charge >= 0.3 is 0 Å². The third-order valence-corrected chi connectivity index (χ3v) is 3.66. The Morgan fingerprint density at radius 3 is 2.45 bits per heavy atom. The van der Waals surface area contributed by atoms with Crippen molar-refractivity contribution in [1.29, 1.82) is 5.26 Å². The van der Waals surface area contributed by atoms with Gasteiger partial charge < -0.3 is 10.1 Å². The van der Waals surface area contributed by atoms with Crippen LogP contribution in [0.2, 0.25) is 0 Å². The van der Waals surface area contributed by atoms with E-state index in [2.05, 4.69) is 33.0 Å².